The first-order valence-corrected chi connectivity index (χ1v) is 7.17. The van der Waals surface area contributed by atoms with Crippen molar-refractivity contribution in [3.05, 3.63) is 64.8 Å². The van der Waals surface area contributed by atoms with E-state index in [-0.39, 0.29) is 0 Å². The van der Waals surface area contributed by atoms with Crippen LogP contribution < -0.4 is 5.32 Å². The molecule has 4 nitrogen and oxygen atoms in total. The lowest BCUT2D eigenvalue weighted by molar-refractivity contribution is 0.174. The minimum absolute atomic E-state index is 0.439. The number of nitrogens with zero attached hydrogens (tertiary/aromatic N) is 1. The second kappa shape index (κ2) is 6.26. The third-order valence-electron chi connectivity index (χ3n) is 3.48. The summed E-state index contributed by atoms with van der Waals surface area (Å²) >= 11 is 6.08. The number of rotatable bonds is 5. The average Bonchev–Trinajstić information content (AvgIpc) is 2.97. The Morgan fingerprint density at radius 3 is 2.90 bits per heavy atom. The molecular formula is C16H16ClN3O. The van der Waals surface area contributed by atoms with Crippen molar-refractivity contribution in [3.63, 3.8) is 0 Å². The van der Waals surface area contributed by atoms with Gasteiger partial charge in [-0.1, -0.05) is 48.0 Å². The minimum atomic E-state index is -0.625. The van der Waals surface area contributed by atoms with Crippen LogP contribution in [-0.2, 0) is 6.54 Å². The predicted molar refractivity (Wildman–Crippen MR) is 84.2 cm³/mol. The van der Waals surface area contributed by atoms with Gasteiger partial charge in [-0.3, -0.25) is 5.10 Å². The number of hydrogen-bond donors (Lipinski definition) is 3. The maximum Gasteiger partial charge on any atom is 0.0928 e. The van der Waals surface area contributed by atoms with Crippen molar-refractivity contribution in [3.8, 4) is 0 Å². The van der Waals surface area contributed by atoms with E-state index in [9.17, 15) is 5.11 Å². The van der Waals surface area contributed by atoms with Crippen molar-refractivity contribution in [2.45, 2.75) is 12.6 Å². The van der Waals surface area contributed by atoms with Crippen LogP contribution in [0, 0.1) is 0 Å². The molecule has 2 aromatic carbocycles. The Labute approximate surface area is 127 Å². The SMILES string of the molecule is OC(CNCc1cccc2cn[nH]c12)c1ccccc1Cl. The van der Waals surface area contributed by atoms with Crippen LogP contribution in [-0.4, -0.2) is 21.8 Å². The van der Waals surface area contributed by atoms with Crippen molar-refractivity contribution in [2.75, 3.05) is 6.54 Å². The highest BCUT2D eigenvalue weighted by atomic mass is 35.5. The highest BCUT2D eigenvalue weighted by molar-refractivity contribution is 6.31. The van der Waals surface area contributed by atoms with Crippen LogP contribution in [0.2, 0.25) is 5.02 Å². The maximum absolute atomic E-state index is 10.2. The molecule has 108 valence electrons. The van der Waals surface area contributed by atoms with Gasteiger partial charge in [-0.05, 0) is 11.6 Å². The molecule has 3 N–H and O–H groups in total. The lowest BCUT2D eigenvalue weighted by Gasteiger charge is -2.13. The Bertz CT molecular complexity index is 741. The zero-order chi connectivity index (χ0) is 14.7. The fourth-order valence-corrected chi connectivity index (χ4v) is 2.64. The molecule has 0 bridgehead atoms. The Balaban J connectivity index is 1.64. The van der Waals surface area contributed by atoms with Crippen molar-refractivity contribution < 1.29 is 5.11 Å². The lowest BCUT2D eigenvalue weighted by atomic mass is 10.1. The Kier molecular flexibility index (Phi) is 4.20. The molecule has 0 fully saturated rings. The number of aliphatic hydroxyl groups is 1. The maximum atomic E-state index is 10.2. The number of benzene rings is 2. The third kappa shape index (κ3) is 3.08. The molecule has 0 aliphatic carbocycles. The largest absolute Gasteiger partial charge is 0.387 e. The van der Waals surface area contributed by atoms with Crippen LogP contribution in [0.5, 0.6) is 0 Å². The number of halogens is 1. The third-order valence-corrected chi connectivity index (χ3v) is 3.82. The summed E-state index contributed by atoms with van der Waals surface area (Å²) in [5, 5.41) is 22.1. The van der Waals surface area contributed by atoms with Crippen molar-refractivity contribution >= 4 is 22.5 Å². The first-order chi connectivity index (χ1) is 10.3. The molecule has 0 saturated carbocycles. The van der Waals surface area contributed by atoms with Crippen LogP contribution >= 0.6 is 11.6 Å². The van der Waals surface area contributed by atoms with Crippen LogP contribution in [0.15, 0.2) is 48.7 Å². The molecule has 3 rings (SSSR count). The lowest BCUT2D eigenvalue weighted by Crippen LogP contribution is -2.21. The van der Waals surface area contributed by atoms with E-state index in [1.165, 1.54) is 0 Å². The molecule has 1 atom stereocenters. The molecule has 1 unspecified atom stereocenters. The van der Waals surface area contributed by atoms with E-state index in [4.69, 9.17) is 11.6 Å². The van der Waals surface area contributed by atoms with Gasteiger partial charge in [-0.15, -0.1) is 0 Å². The number of nitrogens with one attached hydrogen (secondary N) is 2. The Morgan fingerprint density at radius 2 is 2.05 bits per heavy atom. The molecule has 1 aromatic heterocycles. The van der Waals surface area contributed by atoms with Gasteiger partial charge in [0.2, 0.25) is 0 Å². The zero-order valence-corrected chi connectivity index (χ0v) is 12.1. The van der Waals surface area contributed by atoms with E-state index < -0.39 is 6.10 Å². The zero-order valence-electron chi connectivity index (χ0n) is 11.4. The van der Waals surface area contributed by atoms with Crippen molar-refractivity contribution in [1.82, 2.24) is 15.5 Å². The fourth-order valence-electron chi connectivity index (χ4n) is 2.38. The van der Waals surface area contributed by atoms with Crippen LogP contribution in [0.1, 0.15) is 17.2 Å². The predicted octanol–water partition coefficient (Wildman–Crippen LogP) is 3.04. The van der Waals surface area contributed by atoms with E-state index >= 15 is 0 Å². The summed E-state index contributed by atoms with van der Waals surface area (Å²) in [6, 6.07) is 13.4. The van der Waals surface area contributed by atoms with Gasteiger partial charge in [0.05, 0.1) is 17.8 Å². The second-order valence-corrected chi connectivity index (χ2v) is 5.33. The van der Waals surface area contributed by atoms with Crippen molar-refractivity contribution in [2.24, 2.45) is 0 Å². The molecule has 0 aliphatic heterocycles. The molecule has 0 amide bonds. The molecule has 1 heterocycles. The first kappa shape index (κ1) is 14.1. The van der Waals surface area contributed by atoms with Gasteiger partial charge in [0.25, 0.3) is 0 Å². The highest BCUT2D eigenvalue weighted by Gasteiger charge is 2.10. The number of H-pyrrole nitrogens is 1. The van der Waals surface area contributed by atoms with Gasteiger partial charge < -0.3 is 10.4 Å². The second-order valence-electron chi connectivity index (χ2n) is 4.92. The van der Waals surface area contributed by atoms with Gasteiger partial charge in [-0.2, -0.15) is 5.10 Å². The average molecular weight is 302 g/mol. The van der Waals surface area contributed by atoms with Crippen LogP contribution in [0.4, 0.5) is 0 Å². The molecule has 21 heavy (non-hydrogen) atoms. The van der Waals surface area contributed by atoms with Gasteiger partial charge in [-0.25, -0.2) is 0 Å². The fraction of sp³-hybridized carbons (Fsp3) is 0.188. The normalized spacial score (nSPS) is 12.7. The molecule has 0 aliphatic rings. The summed E-state index contributed by atoms with van der Waals surface area (Å²) in [4.78, 5) is 0. The number of hydrogen-bond acceptors (Lipinski definition) is 3. The van der Waals surface area contributed by atoms with E-state index in [2.05, 4.69) is 15.5 Å². The number of aliphatic hydroxyl groups excluding tert-OH is 1. The van der Waals surface area contributed by atoms with E-state index in [1.54, 1.807) is 12.3 Å². The van der Waals surface area contributed by atoms with E-state index in [0.29, 0.717) is 18.1 Å². The molecule has 3 aromatic rings. The molecule has 5 heteroatoms. The molecule has 0 saturated heterocycles. The van der Waals surface area contributed by atoms with Crippen molar-refractivity contribution in [1.29, 1.82) is 0 Å². The summed E-state index contributed by atoms with van der Waals surface area (Å²) in [7, 11) is 0. The summed E-state index contributed by atoms with van der Waals surface area (Å²) in [5.74, 6) is 0. The Hall–Kier alpha value is -1.88. The van der Waals surface area contributed by atoms with Crippen LogP contribution in [0.25, 0.3) is 10.9 Å². The highest BCUT2D eigenvalue weighted by Crippen LogP contribution is 2.22. The molecule has 0 spiro atoms. The number of para-hydroxylation sites is 1. The standard InChI is InChI=1S/C16H16ClN3O/c17-14-7-2-1-6-13(14)15(21)10-18-8-11-4-3-5-12-9-19-20-16(11)12/h1-7,9,15,18,21H,8,10H2,(H,19,20). The smallest absolute Gasteiger partial charge is 0.0928 e. The molecule has 0 radical (unpaired) electrons. The minimum Gasteiger partial charge on any atom is -0.387 e. The summed E-state index contributed by atoms with van der Waals surface area (Å²) in [6.45, 7) is 1.09. The van der Waals surface area contributed by atoms with E-state index in [1.807, 2.05) is 36.4 Å². The van der Waals surface area contributed by atoms with E-state index in [0.717, 1.165) is 22.0 Å². The number of aromatic amines is 1. The Morgan fingerprint density at radius 1 is 1.19 bits per heavy atom. The number of fused-ring (bicyclic) bond motifs is 1. The topological polar surface area (TPSA) is 60.9 Å². The van der Waals surface area contributed by atoms with Gasteiger partial charge in [0.1, 0.15) is 0 Å². The number of aromatic nitrogens is 2. The van der Waals surface area contributed by atoms with Crippen LogP contribution in [0.3, 0.4) is 0 Å². The monoisotopic (exact) mass is 301 g/mol. The summed E-state index contributed by atoms with van der Waals surface area (Å²) in [6.07, 6.45) is 1.18. The molecular weight excluding hydrogens is 286 g/mol. The van der Waals surface area contributed by atoms with Gasteiger partial charge in [0, 0.05) is 29.1 Å². The van der Waals surface area contributed by atoms with Gasteiger partial charge >= 0.3 is 0 Å². The summed E-state index contributed by atoms with van der Waals surface area (Å²) < 4.78 is 0. The first-order valence-electron chi connectivity index (χ1n) is 6.80. The quantitative estimate of drug-likeness (QED) is 0.679. The van der Waals surface area contributed by atoms with Gasteiger partial charge in [0.15, 0.2) is 0 Å². The summed E-state index contributed by atoms with van der Waals surface area (Å²) in [5.41, 5.74) is 2.89.